The van der Waals surface area contributed by atoms with Gasteiger partial charge in [0.15, 0.2) is 0 Å². The van der Waals surface area contributed by atoms with Crippen molar-refractivity contribution in [2.45, 2.75) is 30.7 Å². The van der Waals surface area contributed by atoms with E-state index in [2.05, 4.69) is 10.0 Å². The van der Waals surface area contributed by atoms with Gasteiger partial charge in [0.1, 0.15) is 0 Å². The SMILES string of the molecule is CNCCC[C@H](CO)NS(=O)(=O)c1ccc(C)cc1. The number of sulfonamides is 1. The fourth-order valence-electron chi connectivity index (χ4n) is 1.72. The monoisotopic (exact) mass is 286 g/mol. The lowest BCUT2D eigenvalue weighted by Crippen LogP contribution is -2.37. The molecular weight excluding hydrogens is 264 g/mol. The first-order valence-corrected chi connectivity index (χ1v) is 7.82. The second-order valence-corrected chi connectivity index (χ2v) is 6.27. The van der Waals surface area contributed by atoms with Gasteiger partial charge in [-0.05, 0) is 45.5 Å². The summed E-state index contributed by atoms with van der Waals surface area (Å²) in [5.74, 6) is 0. The third-order valence-electron chi connectivity index (χ3n) is 2.85. The summed E-state index contributed by atoms with van der Waals surface area (Å²) in [6.45, 7) is 2.50. The van der Waals surface area contributed by atoms with Crippen molar-refractivity contribution >= 4 is 10.0 Å². The fourth-order valence-corrected chi connectivity index (χ4v) is 2.98. The lowest BCUT2D eigenvalue weighted by molar-refractivity contribution is 0.248. The Bertz CT molecular complexity index is 471. The van der Waals surface area contributed by atoms with Gasteiger partial charge < -0.3 is 10.4 Å². The molecule has 0 saturated carbocycles. The molecule has 3 N–H and O–H groups in total. The molecule has 0 saturated heterocycles. The molecule has 0 unspecified atom stereocenters. The summed E-state index contributed by atoms with van der Waals surface area (Å²) >= 11 is 0. The van der Waals surface area contributed by atoms with Gasteiger partial charge in [-0.3, -0.25) is 0 Å². The molecule has 1 rings (SSSR count). The van der Waals surface area contributed by atoms with Crippen molar-refractivity contribution in [1.29, 1.82) is 0 Å². The van der Waals surface area contributed by atoms with Crippen molar-refractivity contribution in [2.75, 3.05) is 20.2 Å². The summed E-state index contributed by atoms with van der Waals surface area (Å²) in [6.07, 6.45) is 1.40. The standard InChI is InChI=1S/C13H22N2O3S/c1-11-5-7-13(8-6-11)19(17,18)15-12(10-16)4-3-9-14-2/h5-8,12,14-16H,3-4,9-10H2,1-2H3/t12-/m1/s1. The molecule has 0 radical (unpaired) electrons. The molecule has 0 heterocycles. The van der Waals surface area contributed by atoms with Crippen molar-refractivity contribution in [3.63, 3.8) is 0 Å². The molecule has 0 amide bonds. The van der Waals surface area contributed by atoms with E-state index in [1.165, 1.54) is 0 Å². The molecule has 0 bridgehead atoms. The molecule has 6 heteroatoms. The third-order valence-corrected chi connectivity index (χ3v) is 4.39. The van der Waals surface area contributed by atoms with Gasteiger partial charge in [-0.25, -0.2) is 13.1 Å². The minimum atomic E-state index is -3.56. The average Bonchev–Trinajstić information content (AvgIpc) is 2.38. The number of aryl methyl sites for hydroxylation is 1. The van der Waals surface area contributed by atoms with Crippen LogP contribution in [0, 0.1) is 6.92 Å². The van der Waals surface area contributed by atoms with Crippen molar-refractivity contribution < 1.29 is 13.5 Å². The molecule has 1 aromatic rings. The minimum Gasteiger partial charge on any atom is -0.395 e. The number of aliphatic hydroxyl groups excluding tert-OH is 1. The molecule has 5 nitrogen and oxygen atoms in total. The van der Waals surface area contributed by atoms with Crippen LogP contribution in [0.15, 0.2) is 29.2 Å². The number of rotatable bonds is 8. The first kappa shape index (κ1) is 16.1. The Labute approximate surface area is 115 Å². The first-order chi connectivity index (χ1) is 8.99. The van der Waals surface area contributed by atoms with Gasteiger partial charge in [-0.2, -0.15) is 0 Å². The summed E-state index contributed by atoms with van der Waals surface area (Å²) in [7, 11) is -1.72. The molecular formula is C13H22N2O3S. The third kappa shape index (κ3) is 5.28. The average molecular weight is 286 g/mol. The highest BCUT2D eigenvalue weighted by Crippen LogP contribution is 2.11. The van der Waals surface area contributed by atoms with Crippen LogP contribution in [0.3, 0.4) is 0 Å². The van der Waals surface area contributed by atoms with Gasteiger partial charge in [-0.1, -0.05) is 17.7 Å². The predicted molar refractivity (Wildman–Crippen MR) is 75.5 cm³/mol. The van der Waals surface area contributed by atoms with Gasteiger partial charge >= 0.3 is 0 Å². The smallest absolute Gasteiger partial charge is 0.240 e. The molecule has 19 heavy (non-hydrogen) atoms. The van der Waals surface area contributed by atoms with Crippen LogP contribution < -0.4 is 10.0 Å². The number of hydrogen-bond donors (Lipinski definition) is 3. The molecule has 0 spiro atoms. The van der Waals surface area contributed by atoms with Crippen molar-refractivity contribution in [1.82, 2.24) is 10.0 Å². The Kier molecular flexibility index (Phi) is 6.44. The Morgan fingerprint density at radius 1 is 1.26 bits per heavy atom. The molecule has 0 aliphatic heterocycles. The van der Waals surface area contributed by atoms with Crippen LogP contribution in [0.4, 0.5) is 0 Å². The number of nitrogens with one attached hydrogen (secondary N) is 2. The van der Waals surface area contributed by atoms with Crippen molar-refractivity contribution in [3.05, 3.63) is 29.8 Å². The van der Waals surface area contributed by atoms with E-state index < -0.39 is 16.1 Å². The second kappa shape index (κ2) is 7.59. The molecule has 1 aromatic carbocycles. The van der Waals surface area contributed by atoms with Crippen LogP contribution >= 0.6 is 0 Å². The maximum atomic E-state index is 12.1. The van der Waals surface area contributed by atoms with Crippen LogP contribution in [0.1, 0.15) is 18.4 Å². The van der Waals surface area contributed by atoms with Crippen molar-refractivity contribution in [2.24, 2.45) is 0 Å². The van der Waals surface area contributed by atoms with E-state index in [1.807, 2.05) is 14.0 Å². The number of benzene rings is 1. The summed E-state index contributed by atoms with van der Waals surface area (Å²) in [5.41, 5.74) is 1.01. The Hall–Kier alpha value is -0.950. The zero-order valence-electron chi connectivity index (χ0n) is 11.4. The van der Waals surface area contributed by atoms with Gasteiger partial charge in [0.2, 0.25) is 10.0 Å². The maximum Gasteiger partial charge on any atom is 0.240 e. The van der Waals surface area contributed by atoms with E-state index in [1.54, 1.807) is 24.3 Å². The molecule has 0 aliphatic carbocycles. The van der Waals surface area contributed by atoms with Crippen LogP contribution in [0.5, 0.6) is 0 Å². The Morgan fingerprint density at radius 2 is 1.89 bits per heavy atom. The fraction of sp³-hybridized carbons (Fsp3) is 0.538. The second-order valence-electron chi connectivity index (χ2n) is 4.56. The van der Waals surface area contributed by atoms with Crippen LogP contribution in [0.2, 0.25) is 0 Å². The summed E-state index contributed by atoms with van der Waals surface area (Å²) in [4.78, 5) is 0.227. The van der Waals surface area contributed by atoms with Crippen molar-refractivity contribution in [3.8, 4) is 0 Å². The van der Waals surface area contributed by atoms with E-state index in [9.17, 15) is 13.5 Å². The Morgan fingerprint density at radius 3 is 2.42 bits per heavy atom. The molecule has 0 fully saturated rings. The lowest BCUT2D eigenvalue weighted by atomic mass is 10.2. The van der Waals surface area contributed by atoms with Gasteiger partial charge in [0.25, 0.3) is 0 Å². The van der Waals surface area contributed by atoms with E-state index >= 15 is 0 Å². The van der Waals surface area contributed by atoms with Gasteiger partial charge in [-0.15, -0.1) is 0 Å². The summed E-state index contributed by atoms with van der Waals surface area (Å²) in [5, 5.41) is 12.2. The van der Waals surface area contributed by atoms with E-state index in [-0.39, 0.29) is 11.5 Å². The largest absolute Gasteiger partial charge is 0.395 e. The highest BCUT2D eigenvalue weighted by molar-refractivity contribution is 7.89. The van der Waals surface area contributed by atoms with Crippen LogP contribution in [-0.4, -0.2) is 39.8 Å². The molecule has 108 valence electrons. The highest BCUT2D eigenvalue weighted by atomic mass is 32.2. The zero-order valence-corrected chi connectivity index (χ0v) is 12.2. The molecule has 0 aliphatic rings. The van der Waals surface area contributed by atoms with Crippen LogP contribution in [0.25, 0.3) is 0 Å². The zero-order chi connectivity index (χ0) is 14.3. The number of aliphatic hydroxyl groups is 1. The van der Waals surface area contributed by atoms with E-state index in [4.69, 9.17) is 0 Å². The normalized spacial score (nSPS) is 13.4. The first-order valence-electron chi connectivity index (χ1n) is 6.34. The van der Waals surface area contributed by atoms with E-state index in [0.717, 1.165) is 18.5 Å². The maximum absolute atomic E-state index is 12.1. The number of hydrogen-bond acceptors (Lipinski definition) is 4. The minimum absolute atomic E-state index is 0.200. The summed E-state index contributed by atoms with van der Waals surface area (Å²) in [6, 6.07) is 6.20. The quantitative estimate of drug-likeness (QED) is 0.613. The van der Waals surface area contributed by atoms with Gasteiger partial charge in [0, 0.05) is 6.04 Å². The summed E-state index contributed by atoms with van der Waals surface area (Å²) < 4.78 is 26.7. The molecule has 0 aromatic heterocycles. The van der Waals surface area contributed by atoms with E-state index in [0.29, 0.717) is 6.42 Å². The van der Waals surface area contributed by atoms with Crippen LogP contribution in [-0.2, 0) is 10.0 Å². The Balaban J connectivity index is 2.69. The van der Waals surface area contributed by atoms with Gasteiger partial charge in [0.05, 0.1) is 11.5 Å². The molecule has 1 atom stereocenters. The topological polar surface area (TPSA) is 78.4 Å². The predicted octanol–water partition coefficient (Wildman–Crippen LogP) is 0.634. The highest BCUT2D eigenvalue weighted by Gasteiger charge is 2.19. The lowest BCUT2D eigenvalue weighted by Gasteiger charge is -2.16.